The highest BCUT2D eigenvalue weighted by Gasteiger charge is 2.28. The summed E-state index contributed by atoms with van der Waals surface area (Å²) in [6.07, 6.45) is 1.33. The van der Waals surface area contributed by atoms with E-state index in [9.17, 15) is 4.79 Å². The second kappa shape index (κ2) is 3.81. The molecular formula is C13H17NO2. The average molecular weight is 219 g/mol. The van der Waals surface area contributed by atoms with Gasteiger partial charge in [-0.05, 0) is 38.0 Å². The molecule has 0 spiro atoms. The first-order valence-electron chi connectivity index (χ1n) is 5.62. The normalized spacial score (nSPS) is 18.1. The Balaban J connectivity index is 2.42. The highest BCUT2D eigenvalue weighted by Crippen LogP contribution is 2.33. The van der Waals surface area contributed by atoms with Gasteiger partial charge >= 0.3 is 0 Å². The van der Waals surface area contributed by atoms with Crippen LogP contribution in [0.4, 0.5) is 5.69 Å². The number of hydrogen-bond acceptors (Lipinski definition) is 2. The van der Waals surface area contributed by atoms with Gasteiger partial charge in [-0.1, -0.05) is 13.0 Å². The Morgan fingerprint density at radius 1 is 1.44 bits per heavy atom. The van der Waals surface area contributed by atoms with Crippen molar-refractivity contribution in [2.24, 2.45) is 0 Å². The van der Waals surface area contributed by atoms with Gasteiger partial charge in [0.15, 0.2) is 0 Å². The van der Waals surface area contributed by atoms with Gasteiger partial charge in [-0.25, -0.2) is 0 Å². The number of benzene rings is 1. The van der Waals surface area contributed by atoms with Gasteiger partial charge in [0.05, 0.1) is 12.1 Å². The smallest absolute Gasteiger partial charge is 0.228 e. The summed E-state index contributed by atoms with van der Waals surface area (Å²) < 4.78 is 5.83. The summed E-state index contributed by atoms with van der Waals surface area (Å²) in [6, 6.07) is 5.95. The maximum Gasteiger partial charge on any atom is 0.228 e. The van der Waals surface area contributed by atoms with Crippen LogP contribution in [0.15, 0.2) is 18.2 Å². The zero-order valence-electron chi connectivity index (χ0n) is 9.96. The lowest BCUT2D eigenvalue weighted by molar-refractivity contribution is -0.118. The Kier molecular flexibility index (Phi) is 2.62. The molecule has 0 saturated heterocycles. The van der Waals surface area contributed by atoms with Crippen molar-refractivity contribution in [3.63, 3.8) is 0 Å². The molecule has 1 N–H and O–H groups in total. The minimum atomic E-state index is -0.441. The fourth-order valence-electron chi connectivity index (χ4n) is 1.90. The molecule has 0 saturated carbocycles. The predicted molar refractivity (Wildman–Crippen MR) is 63.8 cm³/mol. The molecule has 0 aromatic heterocycles. The van der Waals surface area contributed by atoms with Gasteiger partial charge < -0.3 is 10.1 Å². The first-order valence-corrected chi connectivity index (χ1v) is 5.62. The van der Waals surface area contributed by atoms with Crippen LogP contribution in [-0.4, -0.2) is 11.5 Å². The van der Waals surface area contributed by atoms with Gasteiger partial charge in [-0.2, -0.15) is 0 Å². The fourth-order valence-corrected chi connectivity index (χ4v) is 1.90. The SMILES string of the molecule is CCc1ccc2c(c1)NC(=O)CC(C)(C)O2. The Morgan fingerprint density at radius 2 is 2.19 bits per heavy atom. The van der Waals surface area contributed by atoms with Gasteiger partial charge in [0, 0.05) is 0 Å². The quantitative estimate of drug-likeness (QED) is 0.788. The number of hydrogen-bond donors (Lipinski definition) is 1. The summed E-state index contributed by atoms with van der Waals surface area (Å²) in [5.41, 5.74) is 1.54. The van der Waals surface area contributed by atoms with E-state index in [1.807, 2.05) is 32.0 Å². The van der Waals surface area contributed by atoms with Crippen molar-refractivity contribution >= 4 is 11.6 Å². The van der Waals surface area contributed by atoms with Crippen LogP contribution >= 0.6 is 0 Å². The number of carbonyl (C=O) groups excluding carboxylic acids is 1. The maximum absolute atomic E-state index is 11.7. The average Bonchev–Trinajstić information content (AvgIpc) is 2.29. The van der Waals surface area contributed by atoms with Gasteiger partial charge in [-0.15, -0.1) is 0 Å². The van der Waals surface area contributed by atoms with E-state index in [4.69, 9.17) is 4.74 Å². The third-order valence-electron chi connectivity index (χ3n) is 2.70. The first kappa shape index (κ1) is 11.0. The molecule has 3 heteroatoms. The number of aryl methyl sites for hydroxylation is 1. The van der Waals surface area contributed by atoms with Gasteiger partial charge in [0.2, 0.25) is 5.91 Å². The van der Waals surface area contributed by atoms with E-state index in [2.05, 4.69) is 12.2 Å². The molecule has 16 heavy (non-hydrogen) atoms. The molecule has 0 fully saturated rings. The molecule has 1 aromatic rings. The molecule has 0 bridgehead atoms. The summed E-state index contributed by atoms with van der Waals surface area (Å²) in [6.45, 7) is 5.94. The summed E-state index contributed by atoms with van der Waals surface area (Å²) >= 11 is 0. The van der Waals surface area contributed by atoms with E-state index in [1.165, 1.54) is 5.56 Å². The number of carbonyl (C=O) groups is 1. The highest BCUT2D eigenvalue weighted by atomic mass is 16.5. The zero-order chi connectivity index (χ0) is 11.8. The van der Waals surface area contributed by atoms with Crippen LogP contribution in [0.3, 0.4) is 0 Å². The van der Waals surface area contributed by atoms with Crippen molar-refractivity contribution in [3.8, 4) is 5.75 Å². The summed E-state index contributed by atoms with van der Waals surface area (Å²) in [4.78, 5) is 11.7. The van der Waals surface area contributed by atoms with Gasteiger partial charge in [-0.3, -0.25) is 4.79 Å². The molecule has 1 aliphatic heterocycles. The lowest BCUT2D eigenvalue weighted by Gasteiger charge is -2.23. The molecule has 0 unspecified atom stereocenters. The van der Waals surface area contributed by atoms with E-state index >= 15 is 0 Å². The van der Waals surface area contributed by atoms with Gasteiger partial charge in [0.1, 0.15) is 11.4 Å². The zero-order valence-corrected chi connectivity index (χ0v) is 9.96. The summed E-state index contributed by atoms with van der Waals surface area (Å²) in [7, 11) is 0. The van der Waals surface area contributed by atoms with E-state index in [1.54, 1.807) is 0 Å². The highest BCUT2D eigenvalue weighted by molar-refractivity contribution is 5.93. The molecule has 0 aliphatic carbocycles. The van der Waals surface area contributed by atoms with Crippen molar-refractivity contribution in [3.05, 3.63) is 23.8 Å². The molecule has 1 aromatic carbocycles. The molecule has 1 heterocycles. The van der Waals surface area contributed by atoms with Crippen molar-refractivity contribution < 1.29 is 9.53 Å². The second-order valence-electron chi connectivity index (χ2n) is 4.77. The number of rotatable bonds is 1. The molecule has 0 atom stereocenters. The van der Waals surface area contributed by atoms with Crippen LogP contribution in [0, 0.1) is 0 Å². The molecule has 2 rings (SSSR count). The second-order valence-corrected chi connectivity index (χ2v) is 4.77. The van der Waals surface area contributed by atoms with E-state index in [0.29, 0.717) is 6.42 Å². The van der Waals surface area contributed by atoms with Crippen LogP contribution in [0.1, 0.15) is 32.8 Å². The topological polar surface area (TPSA) is 38.3 Å². The van der Waals surface area contributed by atoms with Crippen molar-refractivity contribution in [2.45, 2.75) is 39.2 Å². The lowest BCUT2D eigenvalue weighted by atomic mass is 10.1. The number of ether oxygens (including phenoxy) is 1. The lowest BCUT2D eigenvalue weighted by Crippen LogP contribution is -2.30. The molecule has 3 nitrogen and oxygen atoms in total. The molecule has 86 valence electrons. The number of anilines is 1. The van der Waals surface area contributed by atoms with E-state index in [-0.39, 0.29) is 5.91 Å². The third-order valence-corrected chi connectivity index (χ3v) is 2.70. The van der Waals surface area contributed by atoms with Crippen molar-refractivity contribution in [1.82, 2.24) is 0 Å². The van der Waals surface area contributed by atoms with Crippen LogP contribution < -0.4 is 10.1 Å². The van der Waals surface area contributed by atoms with E-state index in [0.717, 1.165) is 17.9 Å². The Morgan fingerprint density at radius 3 is 2.88 bits per heavy atom. The fraction of sp³-hybridized carbons (Fsp3) is 0.462. The molecule has 0 radical (unpaired) electrons. The summed E-state index contributed by atoms with van der Waals surface area (Å²) in [5.74, 6) is 0.769. The first-order chi connectivity index (χ1) is 7.50. The van der Waals surface area contributed by atoms with Crippen molar-refractivity contribution in [1.29, 1.82) is 0 Å². The number of nitrogens with one attached hydrogen (secondary N) is 1. The van der Waals surface area contributed by atoms with Crippen molar-refractivity contribution in [2.75, 3.05) is 5.32 Å². The van der Waals surface area contributed by atoms with Crippen LogP contribution in [0.5, 0.6) is 5.75 Å². The Bertz CT molecular complexity index is 424. The van der Waals surface area contributed by atoms with Crippen LogP contribution in [0.25, 0.3) is 0 Å². The monoisotopic (exact) mass is 219 g/mol. The maximum atomic E-state index is 11.7. The predicted octanol–water partition coefficient (Wildman–Crippen LogP) is 2.75. The Labute approximate surface area is 95.8 Å². The van der Waals surface area contributed by atoms with Crippen LogP contribution in [0.2, 0.25) is 0 Å². The third kappa shape index (κ3) is 2.18. The molecular weight excluding hydrogens is 202 g/mol. The standard InChI is InChI=1S/C13H17NO2/c1-4-9-5-6-11-10(7-9)14-12(15)8-13(2,3)16-11/h5-7H,4,8H2,1-3H3,(H,14,15). The number of fused-ring (bicyclic) bond motifs is 1. The molecule has 1 amide bonds. The number of amides is 1. The largest absolute Gasteiger partial charge is 0.485 e. The van der Waals surface area contributed by atoms with Crippen LogP contribution in [-0.2, 0) is 11.2 Å². The minimum Gasteiger partial charge on any atom is -0.485 e. The molecule has 1 aliphatic rings. The minimum absolute atomic E-state index is 0.0111. The summed E-state index contributed by atoms with van der Waals surface area (Å²) in [5, 5.41) is 2.89. The van der Waals surface area contributed by atoms with E-state index < -0.39 is 5.60 Å². The Hall–Kier alpha value is -1.51. The van der Waals surface area contributed by atoms with Gasteiger partial charge in [0.25, 0.3) is 0 Å².